The summed E-state index contributed by atoms with van der Waals surface area (Å²) in [5.41, 5.74) is 2.45. The maximum Gasteiger partial charge on any atom is 0.128 e. The largest absolute Gasteiger partial charge is 0.359 e. The highest BCUT2D eigenvalue weighted by atomic mass is 15.2. The Labute approximate surface area is 123 Å². The van der Waals surface area contributed by atoms with Gasteiger partial charge in [-0.1, -0.05) is 26.7 Å². The van der Waals surface area contributed by atoms with Gasteiger partial charge in [0.1, 0.15) is 5.82 Å². The molecule has 3 heteroatoms. The van der Waals surface area contributed by atoms with Crippen LogP contribution in [-0.2, 0) is 6.54 Å². The van der Waals surface area contributed by atoms with Crippen LogP contribution in [0.15, 0.2) is 12.1 Å². The Morgan fingerprint density at radius 2 is 2.00 bits per heavy atom. The van der Waals surface area contributed by atoms with Gasteiger partial charge in [0.05, 0.1) is 0 Å². The second-order valence-electron chi connectivity index (χ2n) is 6.54. The first kappa shape index (κ1) is 15.3. The average molecular weight is 275 g/mol. The van der Waals surface area contributed by atoms with Gasteiger partial charge in [-0.15, -0.1) is 0 Å². The summed E-state index contributed by atoms with van der Waals surface area (Å²) in [6.45, 7) is 8.52. The lowest BCUT2D eigenvalue weighted by molar-refractivity contribution is 0.544. The van der Waals surface area contributed by atoms with E-state index in [0.29, 0.717) is 6.04 Å². The van der Waals surface area contributed by atoms with Crippen LogP contribution in [-0.4, -0.2) is 24.6 Å². The monoisotopic (exact) mass is 275 g/mol. The molecule has 2 rings (SSSR count). The van der Waals surface area contributed by atoms with Crippen LogP contribution in [0.4, 0.5) is 5.82 Å². The molecule has 1 saturated carbocycles. The molecule has 0 bridgehead atoms. The molecule has 1 fully saturated rings. The SMILES string of the molecule is Cc1cc(CNC(C)C)cc(N(C)CC2CCCC2)n1. The molecule has 0 amide bonds. The number of nitrogens with one attached hydrogen (secondary N) is 1. The van der Waals surface area contributed by atoms with Crippen LogP contribution in [0.2, 0.25) is 0 Å². The topological polar surface area (TPSA) is 28.2 Å². The van der Waals surface area contributed by atoms with Crippen molar-refractivity contribution in [3.63, 3.8) is 0 Å². The second-order valence-corrected chi connectivity index (χ2v) is 6.54. The minimum absolute atomic E-state index is 0.517. The third kappa shape index (κ3) is 4.48. The number of aryl methyl sites for hydroxylation is 1. The predicted octanol–water partition coefficient (Wildman–Crippen LogP) is 3.51. The molecule has 1 aromatic rings. The van der Waals surface area contributed by atoms with Crippen molar-refractivity contribution in [3.05, 3.63) is 23.4 Å². The van der Waals surface area contributed by atoms with E-state index in [4.69, 9.17) is 4.98 Å². The number of rotatable bonds is 6. The summed E-state index contributed by atoms with van der Waals surface area (Å²) in [4.78, 5) is 7.04. The highest BCUT2D eigenvalue weighted by molar-refractivity contribution is 5.42. The van der Waals surface area contributed by atoms with Gasteiger partial charge < -0.3 is 10.2 Å². The number of aromatic nitrogens is 1. The highest BCUT2D eigenvalue weighted by Gasteiger charge is 2.17. The Kier molecular flexibility index (Phi) is 5.41. The van der Waals surface area contributed by atoms with Crippen LogP contribution in [0.25, 0.3) is 0 Å². The van der Waals surface area contributed by atoms with Crippen molar-refractivity contribution >= 4 is 5.82 Å². The number of hydrogen-bond acceptors (Lipinski definition) is 3. The molecule has 0 aromatic carbocycles. The van der Waals surface area contributed by atoms with Gasteiger partial charge in [-0.3, -0.25) is 0 Å². The molecule has 1 heterocycles. The number of pyridine rings is 1. The van der Waals surface area contributed by atoms with Gasteiger partial charge in [-0.2, -0.15) is 0 Å². The molecule has 1 aliphatic carbocycles. The van der Waals surface area contributed by atoms with Crippen LogP contribution in [0, 0.1) is 12.8 Å². The summed E-state index contributed by atoms with van der Waals surface area (Å²) in [7, 11) is 2.18. The maximum absolute atomic E-state index is 4.70. The Morgan fingerprint density at radius 3 is 2.65 bits per heavy atom. The molecule has 0 radical (unpaired) electrons. The normalized spacial score (nSPS) is 16.1. The Morgan fingerprint density at radius 1 is 1.30 bits per heavy atom. The van der Waals surface area contributed by atoms with E-state index in [1.807, 2.05) is 0 Å². The lowest BCUT2D eigenvalue weighted by atomic mass is 10.1. The predicted molar refractivity (Wildman–Crippen MR) is 86.2 cm³/mol. The van der Waals surface area contributed by atoms with E-state index in [2.05, 4.69) is 50.2 Å². The molecular weight excluding hydrogens is 246 g/mol. The third-order valence-corrected chi connectivity index (χ3v) is 4.11. The summed E-state index contributed by atoms with van der Waals surface area (Å²) in [6, 6.07) is 4.93. The van der Waals surface area contributed by atoms with Crippen molar-refractivity contribution in [1.29, 1.82) is 0 Å². The molecule has 0 spiro atoms. The highest BCUT2D eigenvalue weighted by Crippen LogP contribution is 2.26. The Hall–Kier alpha value is -1.09. The Balaban J connectivity index is 2.01. The number of nitrogens with zero attached hydrogens (tertiary/aromatic N) is 2. The summed E-state index contributed by atoms with van der Waals surface area (Å²) in [5, 5.41) is 3.48. The molecule has 1 aromatic heterocycles. The minimum atomic E-state index is 0.517. The molecule has 0 unspecified atom stereocenters. The van der Waals surface area contributed by atoms with E-state index in [9.17, 15) is 0 Å². The molecule has 0 aliphatic heterocycles. The van der Waals surface area contributed by atoms with Crippen LogP contribution < -0.4 is 10.2 Å². The first-order valence-electron chi connectivity index (χ1n) is 7.96. The van der Waals surface area contributed by atoms with E-state index in [0.717, 1.165) is 30.5 Å². The first-order chi connectivity index (χ1) is 9.54. The fourth-order valence-corrected chi connectivity index (χ4v) is 3.01. The second kappa shape index (κ2) is 7.07. The van der Waals surface area contributed by atoms with E-state index in [1.54, 1.807) is 0 Å². The zero-order valence-electron chi connectivity index (χ0n) is 13.4. The van der Waals surface area contributed by atoms with Gasteiger partial charge in [0, 0.05) is 31.9 Å². The van der Waals surface area contributed by atoms with Crippen LogP contribution >= 0.6 is 0 Å². The first-order valence-corrected chi connectivity index (χ1v) is 7.96. The van der Waals surface area contributed by atoms with E-state index < -0.39 is 0 Å². The van der Waals surface area contributed by atoms with Crippen LogP contribution in [0.3, 0.4) is 0 Å². The zero-order valence-corrected chi connectivity index (χ0v) is 13.4. The van der Waals surface area contributed by atoms with E-state index in [1.165, 1.54) is 31.2 Å². The van der Waals surface area contributed by atoms with E-state index in [-0.39, 0.29) is 0 Å². The van der Waals surface area contributed by atoms with Gasteiger partial charge in [0.25, 0.3) is 0 Å². The smallest absolute Gasteiger partial charge is 0.128 e. The molecular formula is C17H29N3. The van der Waals surface area contributed by atoms with Gasteiger partial charge in [-0.05, 0) is 43.4 Å². The molecule has 0 atom stereocenters. The molecule has 112 valence electrons. The summed E-state index contributed by atoms with van der Waals surface area (Å²) in [6.07, 6.45) is 5.59. The van der Waals surface area contributed by atoms with Crippen molar-refractivity contribution in [3.8, 4) is 0 Å². The molecule has 3 nitrogen and oxygen atoms in total. The Bertz CT molecular complexity index is 422. The molecule has 0 saturated heterocycles. The zero-order chi connectivity index (χ0) is 14.5. The van der Waals surface area contributed by atoms with Crippen molar-refractivity contribution in [2.45, 2.75) is 59.0 Å². The number of anilines is 1. The number of hydrogen-bond donors (Lipinski definition) is 1. The summed E-state index contributed by atoms with van der Waals surface area (Å²) < 4.78 is 0. The van der Waals surface area contributed by atoms with Crippen LogP contribution in [0.1, 0.15) is 50.8 Å². The molecule has 20 heavy (non-hydrogen) atoms. The van der Waals surface area contributed by atoms with Gasteiger partial charge in [-0.25, -0.2) is 4.98 Å². The van der Waals surface area contributed by atoms with E-state index >= 15 is 0 Å². The van der Waals surface area contributed by atoms with Gasteiger partial charge in [0.2, 0.25) is 0 Å². The summed E-state index contributed by atoms with van der Waals surface area (Å²) >= 11 is 0. The van der Waals surface area contributed by atoms with Gasteiger partial charge in [0.15, 0.2) is 0 Å². The fourth-order valence-electron chi connectivity index (χ4n) is 3.01. The maximum atomic E-state index is 4.70. The van der Waals surface area contributed by atoms with Crippen molar-refractivity contribution < 1.29 is 0 Å². The standard InChI is InChI=1S/C17H29N3/c1-13(2)18-11-16-9-14(3)19-17(10-16)20(4)12-15-7-5-6-8-15/h9-10,13,15,18H,5-8,11-12H2,1-4H3. The van der Waals surface area contributed by atoms with Crippen molar-refractivity contribution in [1.82, 2.24) is 10.3 Å². The molecule has 1 N–H and O–H groups in total. The third-order valence-electron chi connectivity index (χ3n) is 4.11. The average Bonchev–Trinajstić information content (AvgIpc) is 2.88. The fraction of sp³-hybridized carbons (Fsp3) is 0.706. The quantitative estimate of drug-likeness (QED) is 0.861. The van der Waals surface area contributed by atoms with Crippen molar-refractivity contribution in [2.75, 3.05) is 18.5 Å². The summed E-state index contributed by atoms with van der Waals surface area (Å²) in [5.74, 6) is 1.98. The lowest BCUT2D eigenvalue weighted by Gasteiger charge is -2.23. The lowest BCUT2D eigenvalue weighted by Crippen LogP contribution is -2.26. The van der Waals surface area contributed by atoms with Crippen molar-refractivity contribution in [2.24, 2.45) is 5.92 Å². The van der Waals surface area contributed by atoms with Crippen LogP contribution in [0.5, 0.6) is 0 Å². The molecule has 1 aliphatic rings. The van der Waals surface area contributed by atoms with Gasteiger partial charge >= 0.3 is 0 Å². The minimum Gasteiger partial charge on any atom is -0.359 e.